The van der Waals surface area contributed by atoms with Crippen molar-refractivity contribution in [3.8, 4) is 0 Å². The number of nitrogens with one attached hydrogen (secondary N) is 2. The van der Waals surface area contributed by atoms with Crippen molar-refractivity contribution >= 4 is 43.9 Å². The van der Waals surface area contributed by atoms with E-state index in [2.05, 4.69) is 17.2 Å². The molecule has 2 aromatic carbocycles. The number of nitrogens with zero attached hydrogens (tertiary/aromatic N) is 1. The fourth-order valence-electron chi connectivity index (χ4n) is 4.19. The second kappa shape index (κ2) is 8.83. The Balaban J connectivity index is 1.21. The third-order valence-corrected chi connectivity index (χ3v) is 8.99. The zero-order valence-electron chi connectivity index (χ0n) is 18.2. The fourth-order valence-corrected chi connectivity index (χ4v) is 6.75. The van der Waals surface area contributed by atoms with Crippen LogP contribution in [0.4, 0.5) is 10.7 Å². The lowest BCUT2D eigenvalue weighted by atomic mass is 10.1. The Morgan fingerprint density at radius 3 is 2.44 bits per heavy atom. The number of hydrogen-bond donors (Lipinski definition) is 2. The van der Waals surface area contributed by atoms with E-state index in [1.807, 2.05) is 30.3 Å². The molecule has 1 aliphatic carbocycles. The molecule has 0 bridgehead atoms. The van der Waals surface area contributed by atoms with Crippen molar-refractivity contribution in [3.05, 3.63) is 89.3 Å². The minimum absolute atomic E-state index is 0.0483. The van der Waals surface area contributed by atoms with Gasteiger partial charge in [-0.3, -0.25) is 9.59 Å². The molecule has 1 aromatic heterocycles. The maximum Gasteiger partial charge on any atom is 0.248 e. The first kappa shape index (κ1) is 22.5. The van der Waals surface area contributed by atoms with E-state index >= 15 is 0 Å². The van der Waals surface area contributed by atoms with Crippen LogP contribution in [0.1, 0.15) is 28.3 Å². The second-order valence-electron chi connectivity index (χ2n) is 8.40. The molecule has 34 heavy (non-hydrogen) atoms. The van der Waals surface area contributed by atoms with Gasteiger partial charge in [-0.1, -0.05) is 36.9 Å². The summed E-state index contributed by atoms with van der Waals surface area (Å²) >= 11 is 1.36. The zero-order valence-corrected chi connectivity index (χ0v) is 19.9. The number of sulfonamides is 1. The maximum absolute atomic E-state index is 13.1. The molecule has 1 fully saturated rings. The molecule has 2 aliphatic rings. The first-order chi connectivity index (χ1) is 16.3. The van der Waals surface area contributed by atoms with Gasteiger partial charge >= 0.3 is 0 Å². The first-order valence-electron chi connectivity index (χ1n) is 10.9. The molecule has 1 aliphatic heterocycles. The Bertz CT molecular complexity index is 1340. The van der Waals surface area contributed by atoms with Gasteiger partial charge in [0.1, 0.15) is 0 Å². The number of thiophene rings is 1. The number of carbonyl (C=O) groups excluding carboxylic acids is 2. The zero-order chi connectivity index (χ0) is 23.9. The molecule has 0 radical (unpaired) electrons. The van der Waals surface area contributed by atoms with E-state index < -0.39 is 10.0 Å². The smallest absolute Gasteiger partial charge is 0.248 e. The van der Waals surface area contributed by atoms with Crippen molar-refractivity contribution in [1.82, 2.24) is 4.31 Å². The summed E-state index contributed by atoms with van der Waals surface area (Å²) in [7, 11) is -3.69. The predicted octanol–water partition coefficient (Wildman–Crippen LogP) is 4.32. The summed E-state index contributed by atoms with van der Waals surface area (Å²) in [5.41, 5.74) is 2.62. The first-order valence-corrected chi connectivity index (χ1v) is 13.1. The van der Waals surface area contributed by atoms with Crippen LogP contribution in [0.2, 0.25) is 0 Å². The van der Waals surface area contributed by atoms with E-state index in [1.54, 1.807) is 18.2 Å². The van der Waals surface area contributed by atoms with Crippen LogP contribution in [0.25, 0.3) is 0 Å². The van der Waals surface area contributed by atoms with E-state index in [-0.39, 0.29) is 41.6 Å². The SMILES string of the molecule is C=CC(=O)Nc1cc2c(s1)CN(S(=O)(=O)c1ccc(NC(=O)C3CC3c3ccccc3)cc1)C2. The van der Waals surface area contributed by atoms with Crippen LogP contribution in [-0.4, -0.2) is 24.5 Å². The highest BCUT2D eigenvalue weighted by Gasteiger charge is 2.43. The number of fused-ring (bicyclic) bond motifs is 1. The van der Waals surface area contributed by atoms with Crippen LogP contribution in [0, 0.1) is 5.92 Å². The topological polar surface area (TPSA) is 95.6 Å². The normalized spacial score (nSPS) is 19.3. The Labute approximate surface area is 202 Å². The average molecular weight is 494 g/mol. The van der Waals surface area contributed by atoms with Crippen LogP contribution in [-0.2, 0) is 32.7 Å². The molecule has 174 valence electrons. The summed E-state index contributed by atoms with van der Waals surface area (Å²) in [5.74, 6) is -0.166. The predicted molar refractivity (Wildman–Crippen MR) is 132 cm³/mol. The van der Waals surface area contributed by atoms with Crippen molar-refractivity contribution in [3.63, 3.8) is 0 Å². The molecule has 2 amide bonds. The summed E-state index contributed by atoms with van der Waals surface area (Å²) in [5, 5.41) is 6.29. The van der Waals surface area contributed by atoms with Crippen LogP contribution in [0.3, 0.4) is 0 Å². The standard InChI is InChI=1S/C25H23N3O4S2/c1-2-23(29)27-24-12-17-14-28(15-22(17)33-24)34(31,32)19-10-8-18(9-11-19)26-25(30)21-13-20(21)16-6-4-3-5-7-16/h2-12,20-21H,1,13-15H2,(H,26,30)(H,27,29). The third kappa shape index (κ3) is 4.42. The van der Waals surface area contributed by atoms with Gasteiger partial charge in [0.05, 0.1) is 9.90 Å². The van der Waals surface area contributed by atoms with Gasteiger partial charge in [0.2, 0.25) is 21.8 Å². The van der Waals surface area contributed by atoms with Crippen LogP contribution in [0.5, 0.6) is 0 Å². The fraction of sp³-hybridized carbons (Fsp3) is 0.200. The number of benzene rings is 2. The molecule has 2 atom stereocenters. The summed E-state index contributed by atoms with van der Waals surface area (Å²) < 4.78 is 27.7. The van der Waals surface area contributed by atoms with E-state index in [0.717, 1.165) is 16.9 Å². The van der Waals surface area contributed by atoms with E-state index in [1.165, 1.54) is 39.4 Å². The molecule has 0 saturated heterocycles. The Morgan fingerprint density at radius 1 is 1.03 bits per heavy atom. The van der Waals surface area contributed by atoms with Crippen molar-refractivity contribution in [2.45, 2.75) is 30.3 Å². The quantitative estimate of drug-likeness (QED) is 0.479. The Kier molecular flexibility index (Phi) is 5.85. The lowest BCUT2D eigenvalue weighted by molar-refractivity contribution is -0.117. The van der Waals surface area contributed by atoms with Crippen molar-refractivity contribution in [2.75, 3.05) is 10.6 Å². The molecule has 2 heterocycles. The highest BCUT2D eigenvalue weighted by atomic mass is 32.2. The van der Waals surface area contributed by atoms with E-state index in [0.29, 0.717) is 10.7 Å². The van der Waals surface area contributed by atoms with Gasteiger partial charge in [0.25, 0.3) is 0 Å². The number of amides is 2. The van der Waals surface area contributed by atoms with Gasteiger partial charge in [-0.05, 0) is 59.9 Å². The van der Waals surface area contributed by atoms with Gasteiger partial charge in [0, 0.05) is 29.6 Å². The largest absolute Gasteiger partial charge is 0.326 e. The van der Waals surface area contributed by atoms with Gasteiger partial charge in [-0.2, -0.15) is 4.31 Å². The number of rotatable bonds is 7. The third-order valence-electron chi connectivity index (χ3n) is 6.11. The molecular formula is C25H23N3O4S2. The summed E-state index contributed by atoms with van der Waals surface area (Å²) in [4.78, 5) is 25.2. The number of carbonyl (C=O) groups is 2. The van der Waals surface area contributed by atoms with Crippen LogP contribution < -0.4 is 10.6 Å². The molecule has 9 heteroatoms. The molecule has 1 saturated carbocycles. The maximum atomic E-state index is 13.1. The van der Waals surface area contributed by atoms with Crippen LogP contribution >= 0.6 is 11.3 Å². The van der Waals surface area contributed by atoms with Crippen LogP contribution in [0.15, 0.2) is 78.2 Å². The lowest BCUT2D eigenvalue weighted by Gasteiger charge is -2.16. The van der Waals surface area contributed by atoms with Crippen molar-refractivity contribution in [1.29, 1.82) is 0 Å². The summed E-state index contributed by atoms with van der Waals surface area (Å²) in [6.45, 7) is 3.94. The van der Waals surface area contributed by atoms with Gasteiger partial charge < -0.3 is 10.6 Å². The molecule has 3 aromatic rings. The minimum Gasteiger partial charge on any atom is -0.326 e. The average Bonchev–Trinajstić information content (AvgIpc) is 3.41. The van der Waals surface area contributed by atoms with E-state index in [4.69, 9.17) is 0 Å². The number of hydrogen-bond acceptors (Lipinski definition) is 5. The molecule has 2 N–H and O–H groups in total. The van der Waals surface area contributed by atoms with Gasteiger partial charge in [-0.25, -0.2) is 8.42 Å². The van der Waals surface area contributed by atoms with Gasteiger partial charge in [-0.15, -0.1) is 11.3 Å². The Morgan fingerprint density at radius 2 is 1.76 bits per heavy atom. The molecule has 0 spiro atoms. The lowest BCUT2D eigenvalue weighted by Crippen LogP contribution is -2.25. The summed E-state index contributed by atoms with van der Waals surface area (Å²) in [6.07, 6.45) is 2.01. The molecule has 2 unspecified atom stereocenters. The Hall–Kier alpha value is -3.27. The second-order valence-corrected chi connectivity index (χ2v) is 11.5. The van der Waals surface area contributed by atoms with Crippen molar-refractivity contribution < 1.29 is 18.0 Å². The monoisotopic (exact) mass is 493 g/mol. The molecule has 7 nitrogen and oxygen atoms in total. The van der Waals surface area contributed by atoms with Crippen molar-refractivity contribution in [2.24, 2.45) is 5.92 Å². The van der Waals surface area contributed by atoms with E-state index in [9.17, 15) is 18.0 Å². The highest BCUT2D eigenvalue weighted by molar-refractivity contribution is 7.89. The molecular weight excluding hydrogens is 470 g/mol. The molecule has 5 rings (SSSR count). The highest BCUT2D eigenvalue weighted by Crippen LogP contribution is 2.48. The number of anilines is 2. The minimum atomic E-state index is -3.69. The summed E-state index contributed by atoms with van der Waals surface area (Å²) in [6, 6.07) is 18.1. The van der Waals surface area contributed by atoms with Gasteiger partial charge in [0.15, 0.2) is 0 Å².